The van der Waals surface area contributed by atoms with Gasteiger partial charge in [-0.05, 0) is 32.1 Å². The Kier molecular flexibility index (Phi) is 5.42. The van der Waals surface area contributed by atoms with Crippen LogP contribution in [0, 0.1) is 0 Å². The van der Waals surface area contributed by atoms with Gasteiger partial charge in [0.1, 0.15) is 0 Å². The van der Waals surface area contributed by atoms with Gasteiger partial charge in [0, 0.05) is 13.1 Å². The van der Waals surface area contributed by atoms with E-state index in [1.807, 2.05) is 0 Å². The van der Waals surface area contributed by atoms with Crippen molar-refractivity contribution in [3.63, 3.8) is 0 Å². The van der Waals surface area contributed by atoms with Gasteiger partial charge in [0.2, 0.25) is 0 Å². The normalized spacial score (nSPS) is 25.7. The molecule has 0 aliphatic heterocycles. The first kappa shape index (κ1) is 14.3. The quantitative estimate of drug-likeness (QED) is 0.641. The summed E-state index contributed by atoms with van der Waals surface area (Å²) in [6.07, 6.45) is 8.88. The Balaban J connectivity index is 1.50. The van der Waals surface area contributed by atoms with Crippen molar-refractivity contribution in [1.29, 1.82) is 0 Å². The van der Waals surface area contributed by atoms with Crippen LogP contribution in [0.25, 0.3) is 0 Å². The highest BCUT2D eigenvalue weighted by atomic mass is 16.5. The first-order valence-corrected chi connectivity index (χ1v) is 7.41. The van der Waals surface area contributed by atoms with Crippen molar-refractivity contribution in [3.05, 3.63) is 0 Å². The molecule has 1 unspecified atom stereocenters. The molecule has 0 amide bonds. The van der Waals surface area contributed by atoms with Crippen molar-refractivity contribution in [2.45, 2.75) is 69.2 Å². The van der Waals surface area contributed by atoms with E-state index in [0.717, 1.165) is 32.1 Å². The third-order valence-corrected chi connectivity index (χ3v) is 4.19. The highest BCUT2D eigenvalue weighted by Crippen LogP contribution is 2.30. The van der Waals surface area contributed by atoms with Crippen LogP contribution in [0.3, 0.4) is 0 Å². The van der Waals surface area contributed by atoms with Crippen molar-refractivity contribution in [2.24, 2.45) is 0 Å². The third-order valence-electron chi connectivity index (χ3n) is 4.19. The highest BCUT2D eigenvalue weighted by Gasteiger charge is 2.33. The number of aliphatic hydroxyl groups excluding tert-OH is 1. The maximum Gasteiger partial charge on any atom is 0.0897 e. The van der Waals surface area contributed by atoms with E-state index in [1.165, 1.54) is 19.3 Å². The molecule has 0 aromatic carbocycles. The summed E-state index contributed by atoms with van der Waals surface area (Å²) < 4.78 is 5.72. The van der Waals surface area contributed by atoms with Crippen molar-refractivity contribution in [2.75, 3.05) is 19.7 Å². The first-order valence-electron chi connectivity index (χ1n) is 7.41. The van der Waals surface area contributed by atoms with Gasteiger partial charge in [-0.3, -0.25) is 0 Å². The minimum absolute atomic E-state index is 0.351. The summed E-state index contributed by atoms with van der Waals surface area (Å²) in [5.74, 6) is 0. The van der Waals surface area contributed by atoms with E-state index in [9.17, 15) is 10.2 Å². The Morgan fingerprint density at radius 3 is 2.50 bits per heavy atom. The maximum absolute atomic E-state index is 9.88. The van der Waals surface area contributed by atoms with Gasteiger partial charge in [-0.15, -0.1) is 0 Å². The molecule has 4 heteroatoms. The third kappa shape index (κ3) is 4.50. The molecule has 0 radical (unpaired) electrons. The zero-order valence-electron chi connectivity index (χ0n) is 11.2. The number of rotatable bonds is 7. The van der Waals surface area contributed by atoms with Gasteiger partial charge in [0.25, 0.3) is 0 Å². The molecule has 0 aromatic heterocycles. The van der Waals surface area contributed by atoms with E-state index in [4.69, 9.17) is 4.74 Å². The Bertz CT molecular complexity index is 237. The second-order valence-electron chi connectivity index (χ2n) is 5.96. The molecule has 18 heavy (non-hydrogen) atoms. The van der Waals surface area contributed by atoms with Crippen molar-refractivity contribution in [1.82, 2.24) is 5.32 Å². The average Bonchev–Trinajstić information content (AvgIpc) is 2.35. The molecule has 106 valence electrons. The Labute approximate surface area is 110 Å². The van der Waals surface area contributed by atoms with Gasteiger partial charge in [0.15, 0.2) is 0 Å². The summed E-state index contributed by atoms with van der Waals surface area (Å²) in [5.41, 5.74) is -0.510. The standard InChI is InChI=1S/C14H27NO3/c16-12(9-15-11-14(17)7-4-8-14)10-18-13-5-2-1-3-6-13/h12-13,15-17H,1-11H2. The van der Waals surface area contributed by atoms with E-state index < -0.39 is 11.7 Å². The van der Waals surface area contributed by atoms with E-state index in [-0.39, 0.29) is 0 Å². The number of hydrogen-bond acceptors (Lipinski definition) is 4. The fourth-order valence-electron chi connectivity index (χ4n) is 2.77. The van der Waals surface area contributed by atoms with Crippen LogP contribution < -0.4 is 5.32 Å². The number of aliphatic hydroxyl groups is 2. The zero-order valence-corrected chi connectivity index (χ0v) is 11.2. The smallest absolute Gasteiger partial charge is 0.0897 e. The predicted octanol–water partition coefficient (Wildman–Crippen LogP) is 1.20. The van der Waals surface area contributed by atoms with Crippen molar-refractivity contribution < 1.29 is 14.9 Å². The van der Waals surface area contributed by atoms with E-state index >= 15 is 0 Å². The number of hydrogen-bond donors (Lipinski definition) is 3. The van der Waals surface area contributed by atoms with Crippen LogP contribution in [0.4, 0.5) is 0 Å². The molecule has 0 spiro atoms. The molecule has 4 nitrogen and oxygen atoms in total. The minimum Gasteiger partial charge on any atom is -0.389 e. The zero-order chi connectivity index (χ0) is 12.8. The molecular formula is C14H27NO3. The van der Waals surface area contributed by atoms with Gasteiger partial charge in [-0.1, -0.05) is 19.3 Å². The molecule has 2 aliphatic rings. The second-order valence-corrected chi connectivity index (χ2v) is 5.96. The summed E-state index contributed by atoms with van der Waals surface area (Å²) in [6.45, 7) is 1.51. The average molecular weight is 257 g/mol. The fourth-order valence-corrected chi connectivity index (χ4v) is 2.77. The van der Waals surface area contributed by atoms with E-state index in [1.54, 1.807) is 0 Å². The van der Waals surface area contributed by atoms with Crippen LogP contribution in [0.2, 0.25) is 0 Å². The molecule has 0 bridgehead atoms. The molecule has 2 fully saturated rings. The van der Waals surface area contributed by atoms with Crippen LogP contribution in [0.1, 0.15) is 51.4 Å². The molecule has 2 saturated carbocycles. The molecule has 2 rings (SSSR count). The Morgan fingerprint density at radius 2 is 1.89 bits per heavy atom. The Morgan fingerprint density at radius 1 is 1.17 bits per heavy atom. The van der Waals surface area contributed by atoms with Gasteiger partial charge in [-0.25, -0.2) is 0 Å². The van der Waals surface area contributed by atoms with Gasteiger partial charge < -0.3 is 20.3 Å². The molecule has 2 aliphatic carbocycles. The predicted molar refractivity (Wildman–Crippen MR) is 70.5 cm³/mol. The summed E-state index contributed by atoms with van der Waals surface area (Å²) in [5, 5.41) is 22.8. The molecule has 3 N–H and O–H groups in total. The lowest BCUT2D eigenvalue weighted by Gasteiger charge is -2.37. The van der Waals surface area contributed by atoms with Crippen LogP contribution in [0.15, 0.2) is 0 Å². The van der Waals surface area contributed by atoms with Gasteiger partial charge >= 0.3 is 0 Å². The highest BCUT2D eigenvalue weighted by molar-refractivity contribution is 4.89. The SMILES string of the molecule is OC(CNCC1(O)CCC1)COC1CCCCC1. The molecule has 0 heterocycles. The van der Waals surface area contributed by atoms with E-state index in [2.05, 4.69) is 5.32 Å². The van der Waals surface area contributed by atoms with Gasteiger partial charge in [0.05, 0.1) is 24.4 Å². The largest absolute Gasteiger partial charge is 0.389 e. The first-order chi connectivity index (χ1) is 8.68. The van der Waals surface area contributed by atoms with Crippen LogP contribution >= 0.6 is 0 Å². The lowest BCUT2D eigenvalue weighted by Crippen LogP contribution is -2.48. The lowest BCUT2D eigenvalue weighted by molar-refractivity contribution is -0.0412. The minimum atomic E-state index is -0.510. The molecule has 0 aromatic rings. The monoisotopic (exact) mass is 257 g/mol. The van der Waals surface area contributed by atoms with Crippen molar-refractivity contribution in [3.8, 4) is 0 Å². The van der Waals surface area contributed by atoms with Gasteiger partial charge in [-0.2, -0.15) is 0 Å². The van der Waals surface area contributed by atoms with Crippen LogP contribution in [0.5, 0.6) is 0 Å². The second kappa shape index (κ2) is 6.85. The maximum atomic E-state index is 9.88. The molecule has 0 saturated heterocycles. The summed E-state index contributed by atoms with van der Waals surface area (Å²) in [7, 11) is 0. The topological polar surface area (TPSA) is 61.7 Å². The lowest BCUT2D eigenvalue weighted by atomic mass is 9.80. The van der Waals surface area contributed by atoms with E-state index in [0.29, 0.717) is 25.8 Å². The number of ether oxygens (including phenoxy) is 1. The number of nitrogens with one attached hydrogen (secondary N) is 1. The fraction of sp³-hybridized carbons (Fsp3) is 1.00. The van der Waals surface area contributed by atoms with Crippen LogP contribution in [-0.2, 0) is 4.74 Å². The Hall–Kier alpha value is -0.160. The molecular weight excluding hydrogens is 230 g/mol. The summed E-state index contributed by atoms with van der Waals surface area (Å²) in [6, 6.07) is 0. The molecule has 1 atom stereocenters. The summed E-state index contributed by atoms with van der Waals surface area (Å²) >= 11 is 0. The van der Waals surface area contributed by atoms with Crippen LogP contribution in [-0.4, -0.2) is 47.7 Å². The van der Waals surface area contributed by atoms with Crippen molar-refractivity contribution >= 4 is 0 Å². The summed E-state index contributed by atoms with van der Waals surface area (Å²) in [4.78, 5) is 0.